The molecule has 21 heavy (non-hydrogen) atoms. The molecule has 0 fully saturated rings. The van der Waals surface area contributed by atoms with Crippen LogP contribution in [0.3, 0.4) is 0 Å². The van der Waals surface area contributed by atoms with Crippen LogP contribution in [0, 0.1) is 10.1 Å². The maximum absolute atomic E-state index is 11.5. The number of nitro groups is 1. The molecule has 0 spiro atoms. The molecule has 2 rings (SSSR count). The second kappa shape index (κ2) is 7.04. The van der Waals surface area contributed by atoms with E-state index >= 15 is 0 Å². The zero-order valence-corrected chi connectivity index (χ0v) is 11.2. The van der Waals surface area contributed by atoms with Crippen molar-refractivity contribution >= 4 is 11.8 Å². The number of nitro benzene ring substituents is 1. The second-order valence-electron chi connectivity index (χ2n) is 4.34. The molecule has 0 heterocycles. The van der Waals surface area contributed by atoms with Crippen molar-refractivity contribution in [1.82, 2.24) is 5.32 Å². The van der Waals surface area contributed by atoms with E-state index in [1.807, 2.05) is 30.3 Å². The van der Waals surface area contributed by atoms with Gasteiger partial charge in [0.05, 0.1) is 4.92 Å². The minimum Gasteiger partial charge on any atom is -0.445 e. The van der Waals surface area contributed by atoms with Gasteiger partial charge in [-0.3, -0.25) is 10.1 Å². The number of nitrogens with zero attached hydrogens (tertiary/aromatic N) is 1. The number of benzene rings is 2. The highest BCUT2D eigenvalue weighted by Gasteiger charge is 2.07. The lowest BCUT2D eigenvalue weighted by molar-refractivity contribution is -0.384. The highest BCUT2D eigenvalue weighted by molar-refractivity contribution is 5.67. The van der Waals surface area contributed by atoms with Crippen LogP contribution < -0.4 is 5.32 Å². The van der Waals surface area contributed by atoms with Crippen molar-refractivity contribution in [3.63, 3.8) is 0 Å². The third-order valence-corrected chi connectivity index (χ3v) is 2.77. The molecule has 6 nitrogen and oxygen atoms in total. The molecule has 0 aliphatic rings. The summed E-state index contributed by atoms with van der Waals surface area (Å²) in [6, 6.07) is 15.4. The average molecular weight is 286 g/mol. The zero-order valence-electron chi connectivity index (χ0n) is 11.2. The van der Waals surface area contributed by atoms with E-state index in [0.29, 0.717) is 12.1 Å². The van der Waals surface area contributed by atoms with Gasteiger partial charge in [-0.1, -0.05) is 42.5 Å². The second-order valence-corrected chi connectivity index (χ2v) is 4.34. The summed E-state index contributed by atoms with van der Waals surface area (Å²) in [5, 5.41) is 13.2. The SMILES string of the molecule is O=C(NCc1ccccc1)OCc1cccc([N+](=O)[O-])c1. The van der Waals surface area contributed by atoms with E-state index in [-0.39, 0.29) is 12.3 Å². The maximum Gasteiger partial charge on any atom is 0.407 e. The number of rotatable bonds is 5. The molecule has 2 aromatic carbocycles. The van der Waals surface area contributed by atoms with E-state index < -0.39 is 11.0 Å². The Morgan fingerprint density at radius 2 is 1.81 bits per heavy atom. The van der Waals surface area contributed by atoms with E-state index in [1.54, 1.807) is 12.1 Å². The highest BCUT2D eigenvalue weighted by atomic mass is 16.6. The lowest BCUT2D eigenvalue weighted by atomic mass is 10.2. The molecular weight excluding hydrogens is 272 g/mol. The summed E-state index contributed by atoms with van der Waals surface area (Å²) in [5.74, 6) is 0. The summed E-state index contributed by atoms with van der Waals surface area (Å²) in [6.07, 6.45) is -0.564. The quantitative estimate of drug-likeness (QED) is 0.676. The van der Waals surface area contributed by atoms with Crippen molar-refractivity contribution in [3.05, 3.63) is 75.8 Å². The number of hydrogen-bond donors (Lipinski definition) is 1. The van der Waals surface area contributed by atoms with E-state index in [0.717, 1.165) is 5.56 Å². The Morgan fingerprint density at radius 3 is 2.52 bits per heavy atom. The average Bonchev–Trinajstić information content (AvgIpc) is 2.52. The Morgan fingerprint density at radius 1 is 1.10 bits per heavy atom. The number of carbonyl (C=O) groups excluding carboxylic acids is 1. The molecule has 0 unspecified atom stereocenters. The Bertz CT molecular complexity index is 629. The number of hydrogen-bond acceptors (Lipinski definition) is 4. The molecule has 0 aliphatic heterocycles. The van der Waals surface area contributed by atoms with Gasteiger partial charge in [-0.2, -0.15) is 0 Å². The summed E-state index contributed by atoms with van der Waals surface area (Å²) in [7, 11) is 0. The van der Waals surface area contributed by atoms with Gasteiger partial charge in [-0.25, -0.2) is 4.79 Å². The molecule has 0 bridgehead atoms. The van der Waals surface area contributed by atoms with Crippen molar-refractivity contribution in [3.8, 4) is 0 Å². The topological polar surface area (TPSA) is 81.5 Å². The molecular formula is C15H14N2O4. The third-order valence-electron chi connectivity index (χ3n) is 2.77. The molecule has 0 aromatic heterocycles. The molecule has 1 amide bonds. The third kappa shape index (κ3) is 4.61. The van der Waals surface area contributed by atoms with Crippen LogP contribution in [0.15, 0.2) is 54.6 Å². The Kier molecular flexibility index (Phi) is 4.87. The van der Waals surface area contributed by atoms with Gasteiger partial charge >= 0.3 is 6.09 Å². The molecule has 6 heteroatoms. The summed E-state index contributed by atoms with van der Waals surface area (Å²) in [5.41, 5.74) is 1.50. The summed E-state index contributed by atoms with van der Waals surface area (Å²) >= 11 is 0. The van der Waals surface area contributed by atoms with Gasteiger partial charge in [0.1, 0.15) is 6.61 Å². The van der Waals surface area contributed by atoms with Crippen LogP contribution in [0.2, 0.25) is 0 Å². The molecule has 0 atom stereocenters. The maximum atomic E-state index is 11.5. The molecule has 1 N–H and O–H groups in total. The van der Waals surface area contributed by atoms with Crippen molar-refractivity contribution in [2.24, 2.45) is 0 Å². The number of alkyl carbamates (subject to hydrolysis) is 1. The smallest absolute Gasteiger partial charge is 0.407 e. The minimum atomic E-state index is -0.564. The van der Waals surface area contributed by atoms with Crippen LogP contribution in [0.1, 0.15) is 11.1 Å². The van der Waals surface area contributed by atoms with Crippen LogP contribution in [-0.2, 0) is 17.9 Å². The van der Waals surface area contributed by atoms with Crippen LogP contribution in [0.5, 0.6) is 0 Å². The van der Waals surface area contributed by atoms with Crippen molar-refractivity contribution < 1.29 is 14.5 Å². The number of carbonyl (C=O) groups is 1. The van der Waals surface area contributed by atoms with Gasteiger partial charge in [0.2, 0.25) is 0 Å². The van der Waals surface area contributed by atoms with Crippen LogP contribution in [-0.4, -0.2) is 11.0 Å². The van der Waals surface area contributed by atoms with Gasteiger partial charge in [-0.05, 0) is 11.1 Å². The number of nitrogens with one attached hydrogen (secondary N) is 1. The fourth-order valence-electron chi connectivity index (χ4n) is 1.73. The Hall–Kier alpha value is -2.89. The molecule has 2 aromatic rings. The minimum absolute atomic E-state index is 0.0116. The first-order chi connectivity index (χ1) is 10.1. The normalized spacial score (nSPS) is 9.90. The van der Waals surface area contributed by atoms with E-state index in [4.69, 9.17) is 4.74 Å². The molecule has 0 saturated carbocycles. The molecule has 0 aliphatic carbocycles. The van der Waals surface area contributed by atoms with Crippen molar-refractivity contribution in [1.29, 1.82) is 0 Å². The summed E-state index contributed by atoms with van der Waals surface area (Å²) < 4.78 is 5.01. The monoisotopic (exact) mass is 286 g/mol. The fourth-order valence-corrected chi connectivity index (χ4v) is 1.73. The van der Waals surface area contributed by atoms with Crippen molar-refractivity contribution in [2.75, 3.05) is 0 Å². The first-order valence-corrected chi connectivity index (χ1v) is 6.33. The number of non-ortho nitro benzene ring substituents is 1. The van der Waals surface area contributed by atoms with Gasteiger partial charge in [-0.15, -0.1) is 0 Å². The standard InChI is InChI=1S/C15H14N2O4/c18-15(16-10-12-5-2-1-3-6-12)21-11-13-7-4-8-14(9-13)17(19)20/h1-9H,10-11H2,(H,16,18). The van der Waals surface area contributed by atoms with E-state index in [9.17, 15) is 14.9 Å². The van der Waals surface area contributed by atoms with Crippen LogP contribution >= 0.6 is 0 Å². The lowest BCUT2D eigenvalue weighted by Gasteiger charge is -2.07. The largest absolute Gasteiger partial charge is 0.445 e. The molecule has 0 radical (unpaired) electrons. The Balaban J connectivity index is 1.81. The predicted octanol–water partition coefficient (Wildman–Crippen LogP) is 3.02. The number of ether oxygens (including phenoxy) is 1. The van der Waals surface area contributed by atoms with Gasteiger partial charge in [0, 0.05) is 18.7 Å². The number of amides is 1. The lowest BCUT2D eigenvalue weighted by Crippen LogP contribution is -2.23. The van der Waals surface area contributed by atoms with Gasteiger partial charge in [0.25, 0.3) is 5.69 Å². The fraction of sp³-hybridized carbons (Fsp3) is 0.133. The summed E-state index contributed by atoms with van der Waals surface area (Å²) in [4.78, 5) is 21.7. The predicted molar refractivity (Wildman–Crippen MR) is 76.6 cm³/mol. The first-order valence-electron chi connectivity index (χ1n) is 6.33. The van der Waals surface area contributed by atoms with Gasteiger partial charge < -0.3 is 10.1 Å². The molecule has 108 valence electrons. The van der Waals surface area contributed by atoms with Crippen LogP contribution in [0.25, 0.3) is 0 Å². The van der Waals surface area contributed by atoms with Gasteiger partial charge in [0.15, 0.2) is 0 Å². The molecule has 0 saturated heterocycles. The Labute approximate surface area is 121 Å². The van der Waals surface area contributed by atoms with E-state index in [1.165, 1.54) is 12.1 Å². The van der Waals surface area contributed by atoms with E-state index in [2.05, 4.69) is 5.32 Å². The zero-order chi connectivity index (χ0) is 15.1. The van der Waals surface area contributed by atoms with Crippen molar-refractivity contribution in [2.45, 2.75) is 13.2 Å². The highest BCUT2D eigenvalue weighted by Crippen LogP contribution is 2.13. The summed E-state index contributed by atoms with van der Waals surface area (Å²) in [6.45, 7) is 0.358. The van der Waals surface area contributed by atoms with Crippen LogP contribution in [0.4, 0.5) is 10.5 Å². The first kappa shape index (κ1) is 14.5.